The molecule has 0 aromatic carbocycles. The molecule has 30 heavy (non-hydrogen) atoms. The van der Waals surface area contributed by atoms with Crippen LogP contribution in [0.4, 0.5) is 5.00 Å². The zero-order valence-corrected chi connectivity index (χ0v) is 18.5. The Morgan fingerprint density at radius 1 is 1.27 bits per heavy atom. The monoisotopic (exact) mass is 441 g/mol. The number of thiophene rings is 1. The Morgan fingerprint density at radius 3 is 2.90 bits per heavy atom. The number of carbonyl (C=O) groups excluding carboxylic acids is 2. The van der Waals surface area contributed by atoms with E-state index >= 15 is 0 Å². The van der Waals surface area contributed by atoms with Gasteiger partial charge in [0, 0.05) is 10.6 Å². The SMILES string of the molecule is CCOC(=O)c1c(NC(=O)CSc2nc3c(cc2C#N)CCCC3)sc2c1CCC2. The highest BCUT2D eigenvalue weighted by Crippen LogP contribution is 2.39. The fourth-order valence-electron chi connectivity index (χ4n) is 4.01. The van der Waals surface area contributed by atoms with Crippen molar-refractivity contribution in [2.75, 3.05) is 17.7 Å². The molecule has 8 heteroatoms. The summed E-state index contributed by atoms with van der Waals surface area (Å²) in [7, 11) is 0. The van der Waals surface area contributed by atoms with E-state index in [1.165, 1.54) is 23.1 Å². The number of nitrogens with one attached hydrogen (secondary N) is 1. The van der Waals surface area contributed by atoms with Gasteiger partial charge in [-0.25, -0.2) is 9.78 Å². The molecular formula is C22H23N3O3S2. The lowest BCUT2D eigenvalue weighted by Crippen LogP contribution is -2.17. The number of ether oxygens (including phenoxy) is 1. The molecule has 1 amide bonds. The molecule has 0 radical (unpaired) electrons. The van der Waals surface area contributed by atoms with E-state index in [1.807, 2.05) is 6.07 Å². The third-order valence-electron chi connectivity index (χ3n) is 5.38. The van der Waals surface area contributed by atoms with Gasteiger partial charge in [-0.2, -0.15) is 5.26 Å². The molecule has 2 aliphatic carbocycles. The van der Waals surface area contributed by atoms with Crippen LogP contribution < -0.4 is 5.32 Å². The lowest BCUT2D eigenvalue weighted by atomic mass is 9.95. The maximum Gasteiger partial charge on any atom is 0.341 e. The molecule has 1 N–H and O–H groups in total. The van der Waals surface area contributed by atoms with E-state index in [4.69, 9.17) is 4.74 Å². The molecule has 156 valence electrons. The highest BCUT2D eigenvalue weighted by molar-refractivity contribution is 8.00. The van der Waals surface area contributed by atoms with Gasteiger partial charge in [0.25, 0.3) is 0 Å². The Hall–Kier alpha value is -2.37. The number of anilines is 1. The molecule has 2 heterocycles. The summed E-state index contributed by atoms with van der Waals surface area (Å²) in [6.07, 6.45) is 6.92. The number of amides is 1. The fourth-order valence-corrected chi connectivity index (χ4v) is 6.08. The standard InChI is InChI=1S/C22H23N3O3S2/c1-2-28-22(27)19-15-7-5-9-17(15)30-21(19)25-18(26)12-29-20-14(11-23)10-13-6-3-4-8-16(13)24-20/h10H,2-9,12H2,1H3,(H,25,26). The van der Waals surface area contributed by atoms with Crippen LogP contribution in [0.15, 0.2) is 11.1 Å². The zero-order valence-electron chi connectivity index (χ0n) is 16.9. The smallest absolute Gasteiger partial charge is 0.341 e. The van der Waals surface area contributed by atoms with Crippen molar-refractivity contribution in [3.63, 3.8) is 0 Å². The highest BCUT2D eigenvalue weighted by Gasteiger charge is 2.28. The van der Waals surface area contributed by atoms with Crippen molar-refractivity contribution >= 4 is 40.0 Å². The Balaban J connectivity index is 1.48. The Kier molecular flexibility index (Phi) is 6.40. The lowest BCUT2D eigenvalue weighted by Gasteiger charge is -2.16. The number of rotatable bonds is 6. The number of aryl methyl sites for hydroxylation is 3. The summed E-state index contributed by atoms with van der Waals surface area (Å²) in [6.45, 7) is 2.07. The second-order valence-electron chi connectivity index (χ2n) is 7.38. The van der Waals surface area contributed by atoms with Gasteiger partial charge in [-0.05, 0) is 69.1 Å². The van der Waals surface area contributed by atoms with Crippen molar-refractivity contribution in [2.24, 2.45) is 0 Å². The van der Waals surface area contributed by atoms with Gasteiger partial charge in [-0.1, -0.05) is 11.8 Å². The van der Waals surface area contributed by atoms with E-state index in [-0.39, 0.29) is 17.6 Å². The quantitative estimate of drug-likeness (QED) is 0.531. The number of esters is 1. The van der Waals surface area contributed by atoms with Crippen LogP contribution in [0.2, 0.25) is 0 Å². The van der Waals surface area contributed by atoms with Crippen molar-refractivity contribution < 1.29 is 14.3 Å². The molecule has 0 spiro atoms. The molecule has 0 aliphatic heterocycles. The number of pyridine rings is 1. The first-order valence-corrected chi connectivity index (χ1v) is 12.1. The first kappa shape index (κ1) is 20.9. The summed E-state index contributed by atoms with van der Waals surface area (Å²) >= 11 is 2.74. The molecule has 0 saturated heterocycles. The minimum Gasteiger partial charge on any atom is -0.462 e. The minimum absolute atomic E-state index is 0.130. The van der Waals surface area contributed by atoms with Gasteiger partial charge in [-0.3, -0.25) is 4.79 Å². The average Bonchev–Trinajstić information content (AvgIpc) is 3.32. The highest BCUT2D eigenvalue weighted by atomic mass is 32.2. The van der Waals surface area contributed by atoms with E-state index in [0.29, 0.717) is 27.8 Å². The van der Waals surface area contributed by atoms with Crippen LogP contribution in [-0.4, -0.2) is 29.2 Å². The number of fused-ring (bicyclic) bond motifs is 2. The summed E-state index contributed by atoms with van der Waals surface area (Å²) in [5, 5.41) is 13.6. The van der Waals surface area contributed by atoms with Crippen molar-refractivity contribution in [3.05, 3.63) is 38.9 Å². The van der Waals surface area contributed by atoms with E-state index in [9.17, 15) is 14.9 Å². The van der Waals surface area contributed by atoms with E-state index in [0.717, 1.165) is 66.6 Å². The van der Waals surface area contributed by atoms with Crippen molar-refractivity contribution in [3.8, 4) is 6.07 Å². The van der Waals surface area contributed by atoms with Crippen molar-refractivity contribution in [1.29, 1.82) is 5.26 Å². The van der Waals surface area contributed by atoms with Crippen molar-refractivity contribution in [1.82, 2.24) is 4.98 Å². The molecule has 2 aromatic heterocycles. The number of carbonyl (C=O) groups is 2. The normalized spacial score (nSPS) is 14.5. The molecule has 0 bridgehead atoms. The molecule has 0 fully saturated rings. The molecule has 2 aromatic rings. The van der Waals surface area contributed by atoms with Gasteiger partial charge in [0.05, 0.1) is 23.5 Å². The molecular weight excluding hydrogens is 418 g/mol. The van der Waals surface area contributed by atoms with Crippen LogP contribution in [0.5, 0.6) is 0 Å². The van der Waals surface area contributed by atoms with Crippen LogP contribution in [0, 0.1) is 11.3 Å². The number of aromatic nitrogens is 1. The number of nitrogens with zero attached hydrogens (tertiary/aromatic N) is 2. The summed E-state index contributed by atoms with van der Waals surface area (Å²) in [4.78, 5) is 30.9. The first-order valence-electron chi connectivity index (χ1n) is 10.3. The van der Waals surface area contributed by atoms with Crippen LogP contribution >= 0.6 is 23.1 Å². The third-order valence-corrected chi connectivity index (χ3v) is 7.58. The first-order chi connectivity index (χ1) is 14.6. The Labute approximate surface area is 184 Å². The fraction of sp³-hybridized carbons (Fsp3) is 0.455. The van der Waals surface area contributed by atoms with Crippen molar-refractivity contribution in [2.45, 2.75) is 56.9 Å². The number of hydrogen-bond acceptors (Lipinski definition) is 7. The second kappa shape index (κ2) is 9.19. The number of thioether (sulfide) groups is 1. The zero-order chi connectivity index (χ0) is 21.1. The van der Waals surface area contributed by atoms with E-state index < -0.39 is 0 Å². The van der Waals surface area contributed by atoms with Gasteiger partial charge >= 0.3 is 5.97 Å². The molecule has 0 saturated carbocycles. The Morgan fingerprint density at radius 2 is 2.10 bits per heavy atom. The lowest BCUT2D eigenvalue weighted by molar-refractivity contribution is -0.113. The number of nitriles is 1. The summed E-state index contributed by atoms with van der Waals surface area (Å²) in [6, 6.07) is 4.13. The predicted molar refractivity (Wildman–Crippen MR) is 117 cm³/mol. The summed E-state index contributed by atoms with van der Waals surface area (Å²) in [5.74, 6) is -0.456. The molecule has 6 nitrogen and oxygen atoms in total. The van der Waals surface area contributed by atoms with Crippen LogP contribution in [0.3, 0.4) is 0 Å². The van der Waals surface area contributed by atoms with E-state index in [2.05, 4.69) is 16.4 Å². The third kappa shape index (κ3) is 4.23. The second-order valence-corrected chi connectivity index (χ2v) is 9.45. The largest absolute Gasteiger partial charge is 0.462 e. The molecule has 0 atom stereocenters. The summed E-state index contributed by atoms with van der Waals surface area (Å²) in [5.41, 5.74) is 4.25. The molecule has 0 unspecified atom stereocenters. The maximum atomic E-state index is 12.6. The maximum absolute atomic E-state index is 12.6. The topological polar surface area (TPSA) is 92.1 Å². The van der Waals surface area contributed by atoms with E-state index in [1.54, 1.807) is 6.92 Å². The average molecular weight is 442 g/mol. The minimum atomic E-state index is -0.372. The van der Waals surface area contributed by atoms with Gasteiger partial charge in [0.1, 0.15) is 16.1 Å². The molecule has 2 aliphatic rings. The molecule has 4 rings (SSSR count). The summed E-state index contributed by atoms with van der Waals surface area (Å²) < 4.78 is 5.21. The van der Waals surface area contributed by atoms with Gasteiger partial charge in [-0.15, -0.1) is 11.3 Å². The number of hydrogen-bond donors (Lipinski definition) is 1. The van der Waals surface area contributed by atoms with Gasteiger partial charge in [0.15, 0.2) is 0 Å². The Bertz CT molecular complexity index is 1040. The predicted octanol–water partition coefficient (Wildman–Crippen LogP) is 4.29. The van der Waals surface area contributed by atoms with Gasteiger partial charge in [0.2, 0.25) is 5.91 Å². The van der Waals surface area contributed by atoms with Crippen LogP contribution in [-0.2, 0) is 35.2 Å². The van der Waals surface area contributed by atoms with Crippen LogP contribution in [0.25, 0.3) is 0 Å². The van der Waals surface area contributed by atoms with Gasteiger partial charge < -0.3 is 10.1 Å². The van der Waals surface area contributed by atoms with Crippen LogP contribution in [0.1, 0.15) is 63.8 Å².